The molecule has 0 radical (unpaired) electrons. The zero-order valence-corrected chi connectivity index (χ0v) is 13.1. The highest BCUT2D eigenvalue weighted by Gasteiger charge is 2.28. The molecular formula is C14H20N2O4S. The summed E-state index contributed by atoms with van der Waals surface area (Å²) in [6, 6.07) is 3.30. The maximum Gasteiger partial charge on any atom is 0.310 e. The van der Waals surface area contributed by atoms with E-state index in [1.165, 1.54) is 18.3 Å². The van der Waals surface area contributed by atoms with Gasteiger partial charge in [0.15, 0.2) is 0 Å². The van der Waals surface area contributed by atoms with Gasteiger partial charge in [-0.1, -0.05) is 6.07 Å². The summed E-state index contributed by atoms with van der Waals surface area (Å²) in [7, 11) is 0. The molecule has 0 spiro atoms. The molecule has 0 saturated heterocycles. The Hall–Kier alpha value is -1.89. The number of carboxylic acid groups (broad SMARTS) is 1. The summed E-state index contributed by atoms with van der Waals surface area (Å²) >= 11 is 1.45. The fourth-order valence-corrected chi connectivity index (χ4v) is 2.39. The van der Waals surface area contributed by atoms with Crippen LogP contribution in [0, 0.1) is 5.41 Å². The highest BCUT2D eigenvalue weighted by molar-refractivity contribution is 7.10. The molecule has 1 unspecified atom stereocenters. The molecule has 0 aromatic carbocycles. The molecule has 1 atom stereocenters. The van der Waals surface area contributed by atoms with Gasteiger partial charge in [0.2, 0.25) is 11.8 Å². The van der Waals surface area contributed by atoms with Crippen LogP contribution in [0.25, 0.3) is 0 Å². The van der Waals surface area contributed by atoms with Gasteiger partial charge in [0.1, 0.15) is 0 Å². The van der Waals surface area contributed by atoms with E-state index < -0.39 is 17.4 Å². The molecule has 1 aromatic heterocycles. The monoisotopic (exact) mass is 312 g/mol. The second-order valence-electron chi connectivity index (χ2n) is 5.44. The lowest BCUT2D eigenvalue weighted by molar-refractivity contribution is -0.146. The van der Waals surface area contributed by atoms with E-state index in [1.807, 2.05) is 17.5 Å². The molecule has 0 saturated carbocycles. The van der Waals surface area contributed by atoms with Crippen LogP contribution in [0.2, 0.25) is 0 Å². The van der Waals surface area contributed by atoms with Gasteiger partial charge in [-0.15, -0.1) is 11.3 Å². The topological polar surface area (TPSA) is 95.5 Å². The molecule has 1 rings (SSSR count). The van der Waals surface area contributed by atoms with Crippen LogP contribution in [0.5, 0.6) is 0 Å². The maximum atomic E-state index is 11.9. The Morgan fingerprint density at radius 2 is 2.05 bits per heavy atom. The van der Waals surface area contributed by atoms with Crippen molar-refractivity contribution in [1.82, 2.24) is 10.6 Å². The number of carbonyl (C=O) groups is 3. The highest BCUT2D eigenvalue weighted by Crippen LogP contribution is 2.22. The summed E-state index contributed by atoms with van der Waals surface area (Å²) in [4.78, 5) is 35.0. The number of carbonyl (C=O) groups excluding carboxylic acids is 2. The van der Waals surface area contributed by atoms with Crippen molar-refractivity contribution in [1.29, 1.82) is 0 Å². The predicted octanol–water partition coefficient (Wildman–Crippen LogP) is 1.54. The number of thiophene rings is 1. The fourth-order valence-electron chi connectivity index (χ4n) is 1.61. The SMILES string of the molecule is CC(=O)NC(CC(=O)NCC(C)(C)C(=O)O)c1cccs1. The van der Waals surface area contributed by atoms with Crippen molar-refractivity contribution in [3.63, 3.8) is 0 Å². The van der Waals surface area contributed by atoms with Crippen molar-refractivity contribution < 1.29 is 19.5 Å². The zero-order chi connectivity index (χ0) is 16.0. The van der Waals surface area contributed by atoms with Gasteiger partial charge in [-0.3, -0.25) is 14.4 Å². The smallest absolute Gasteiger partial charge is 0.310 e. The Morgan fingerprint density at radius 3 is 2.52 bits per heavy atom. The molecule has 0 bridgehead atoms. The molecule has 2 amide bonds. The molecule has 21 heavy (non-hydrogen) atoms. The van der Waals surface area contributed by atoms with E-state index >= 15 is 0 Å². The first-order chi connectivity index (χ1) is 9.72. The molecule has 0 fully saturated rings. The molecule has 0 aliphatic carbocycles. The summed E-state index contributed by atoms with van der Waals surface area (Å²) in [6.07, 6.45) is 0.0792. The average molecular weight is 312 g/mol. The molecule has 3 N–H and O–H groups in total. The van der Waals surface area contributed by atoms with Gasteiger partial charge >= 0.3 is 5.97 Å². The molecule has 7 heteroatoms. The Labute approximate surface area is 127 Å². The second-order valence-corrected chi connectivity index (χ2v) is 6.42. The number of rotatable bonds is 7. The first-order valence-electron chi connectivity index (χ1n) is 6.53. The summed E-state index contributed by atoms with van der Waals surface area (Å²) in [6.45, 7) is 4.52. The lowest BCUT2D eigenvalue weighted by Gasteiger charge is -2.21. The second kappa shape index (κ2) is 7.21. The Morgan fingerprint density at radius 1 is 1.38 bits per heavy atom. The van der Waals surface area contributed by atoms with E-state index in [1.54, 1.807) is 13.8 Å². The molecule has 6 nitrogen and oxygen atoms in total. The lowest BCUT2D eigenvalue weighted by Crippen LogP contribution is -2.40. The number of nitrogens with one attached hydrogen (secondary N) is 2. The Bertz CT molecular complexity index is 511. The average Bonchev–Trinajstić information content (AvgIpc) is 2.88. The number of hydrogen-bond acceptors (Lipinski definition) is 4. The van der Waals surface area contributed by atoms with E-state index in [9.17, 15) is 14.4 Å². The fraction of sp³-hybridized carbons (Fsp3) is 0.500. The Balaban J connectivity index is 2.61. The first kappa shape index (κ1) is 17.2. The van der Waals surface area contributed by atoms with E-state index in [4.69, 9.17) is 5.11 Å². The van der Waals surface area contributed by atoms with Crippen molar-refractivity contribution in [2.45, 2.75) is 33.2 Å². The van der Waals surface area contributed by atoms with Crippen LogP contribution in [0.15, 0.2) is 17.5 Å². The summed E-state index contributed by atoms with van der Waals surface area (Å²) in [5, 5.41) is 16.2. The van der Waals surface area contributed by atoms with Gasteiger partial charge in [-0.2, -0.15) is 0 Å². The van der Waals surface area contributed by atoms with Gasteiger partial charge < -0.3 is 15.7 Å². The summed E-state index contributed by atoms with van der Waals surface area (Å²) in [5.74, 6) is -1.48. The minimum absolute atomic E-state index is 0.0401. The molecule has 116 valence electrons. The Kier molecular flexibility index (Phi) is 5.90. The number of carboxylic acids is 1. The summed E-state index contributed by atoms with van der Waals surface area (Å²) < 4.78 is 0. The number of aliphatic carboxylic acids is 1. The van der Waals surface area contributed by atoms with Gasteiger partial charge in [0.05, 0.1) is 17.9 Å². The molecule has 1 aromatic rings. The predicted molar refractivity (Wildman–Crippen MR) is 79.9 cm³/mol. The van der Waals surface area contributed by atoms with Crippen molar-refractivity contribution in [2.24, 2.45) is 5.41 Å². The highest BCUT2D eigenvalue weighted by atomic mass is 32.1. The first-order valence-corrected chi connectivity index (χ1v) is 7.41. The third-order valence-corrected chi connectivity index (χ3v) is 3.95. The van der Waals surface area contributed by atoms with E-state index in [0.717, 1.165) is 4.88 Å². The summed E-state index contributed by atoms with van der Waals surface area (Å²) in [5.41, 5.74) is -1.03. The maximum absolute atomic E-state index is 11.9. The molecule has 0 aliphatic heterocycles. The normalized spacial score (nSPS) is 12.5. The minimum atomic E-state index is -1.03. The molecule has 1 heterocycles. The molecular weight excluding hydrogens is 292 g/mol. The lowest BCUT2D eigenvalue weighted by atomic mass is 9.94. The van der Waals surface area contributed by atoms with Gasteiger partial charge in [0.25, 0.3) is 0 Å². The van der Waals surface area contributed by atoms with Crippen LogP contribution in [0.1, 0.15) is 38.1 Å². The third kappa shape index (κ3) is 5.55. The quantitative estimate of drug-likeness (QED) is 0.711. The van der Waals surface area contributed by atoms with Crippen LogP contribution < -0.4 is 10.6 Å². The van der Waals surface area contributed by atoms with Crippen molar-refractivity contribution in [2.75, 3.05) is 6.54 Å². The van der Waals surface area contributed by atoms with E-state index in [2.05, 4.69) is 10.6 Å². The largest absolute Gasteiger partial charge is 0.481 e. The number of hydrogen-bond donors (Lipinski definition) is 3. The zero-order valence-electron chi connectivity index (χ0n) is 12.3. The van der Waals surface area contributed by atoms with Gasteiger partial charge in [0, 0.05) is 18.3 Å². The van der Waals surface area contributed by atoms with E-state index in [0.29, 0.717) is 0 Å². The minimum Gasteiger partial charge on any atom is -0.481 e. The van der Waals surface area contributed by atoms with Crippen molar-refractivity contribution >= 4 is 29.1 Å². The molecule has 0 aliphatic rings. The van der Waals surface area contributed by atoms with E-state index in [-0.39, 0.29) is 24.8 Å². The van der Waals surface area contributed by atoms with Crippen LogP contribution in [0.4, 0.5) is 0 Å². The van der Waals surface area contributed by atoms with Crippen LogP contribution >= 0.6 is 11.3 Å². The van der Waals surface area contributed by atoms with Crippen LogP contribution in [0.3, 0.4) is 0 Å². The van der Waals surface area contributed by atoms with Gasteiger partial charge in [-0.05, 0) is 25.3 Å². The third-order valence-electron chi connectivity index (χ3n) is 2.96. The number of amides is 2. The van der Waals surface area contributed by atoms with Crippen molar-refractivity contribution in [3.05, 3.63) is 22.4 Å². The van der Waals surface area contributed by atoms with Crippen molar-refractivity contribution in [3.8, 4) is 0 Å². The van der Waals surface area contributed by atoms with Crippen LogP contribution in [-0.2, 0) is 14.4 Å². The van der Waals surface area contributed by atoms with Crippen LogP contribution in [-0.4, -0.2) is 29.4 Å². The standard InChI is InChI=1S/C14H20N2O4S/c1-9(17)16-10(11-5-4-6-21-11)7-12(18)15-8-14(2,3)13(19)20/h4-6,10H,7-8H2,1-3H3,(H,15,18)(H,16,17)(H,19,20). The van der Waals surface area contributed by atoms with Gasteiger partial charge in [-0.25, -0.2) is 0 Å².